The fourth-order valence-electron chi connectivity index (χ4n) is 1.33. The molecule has 1 aromatic carbocycles. The van der Waals surface area contributed by atoms with E-state index in [0.29, 0.717) is 6.61 Å². The van der Waals surface area contributed by atoms with Gasteiger partial charge in [-0.3, -0.25) is 0 Å². The van der Waals surface area contributed by atoms with E-state index in [-0.39, 0.29) is 0 Å². The number of ether oxygens (including phenoxy) is 1. The fraction of sp³-hybridized carbons (Fsp3) is 0.250. The molecule has 0 amide bonds. The maximum atomic E-state index is 5.58. The van der Waals surface area contributed by atoms with Crippen molar-refractivity contribution in [3.8, 4) is 5.75 Å². The highest BCUT2D eigenvalue weighted by atomic mass is 16.5. The second-order valence-electron chi connectivity index (χ2n) is 3.63. The smallest absolute Gasteiger partial charge is 0.132 e. The van der Waals surface area contributed by atoms with Crippen molar-refractivity contribution in [2.24, 2.45) is 7.05 Å². The van der Waals surface area contributed by atoms with Crippen LogP contribution in [-0.2, 0) is 13.7 Å². The predicted molar refractivity (Wildman–Crippen MR) is 58.7 cm³/mol. The van der Waals surface area contributed by atoms with Gasteiger partial charge < -0.3 is 9.30 Å². The molecule has 0 aliphatic rings. The van der Waals surface area contributed by atoms with E-state index in [0.717, 1.165) is 11.4 Å². The Morgan fingerprint density at radius 2 is 2.00 bits per heavy atom. The summed E-state index contributed by atoms with van der Waals surface area (Å²) in [5.41, 5.74) is 2.18. The number of aromatic nitrogens is 2. The predicted octanol–water partition coefficient (Wildman–Crippen LogP) is 2.31. The third kappa shape index (κ3) is 2.59. The van der Waals surface area contributed by atoms with Crippen LogP contribution in [0.5, 0.6) is 5.75 Å². The number of benzene rings is 1. The Bertz CT molecular complexity index is 431. The van der Waals surface area contributed by atoms with Crippen LogP contribution >= 0.6 is 0 Å². The Kier molecular flexibility index (Phi) is 2.72. The van der Waals surface area contributed by atoms with Crippen LogP contribution in [0.15, 0.2) is 36.8 Å². The van der Waals surface area contributed by atoms with Gasteiger partial charge in [-0.05, 0) is 19.1 Å². The van der Waals surface area contributed by atoms with E-state index in [1.807, 2.05) is 42.1 Å². The molecule has 1 aromatic heterocycles. The zero-order valence-electron chi connectivity index (χ0n) is 8.97. The number of hydrogen-bond acceptors (Lipinski definition) is 2. The molecule has 0 radical (unpaired) electrons. The van der Waals surface area contributed by atoms with Crippen molar-refractivity contribution in [3.05, 3.63) is 48.0 Å². The topological polar surface area (TPSA) is 27.1 Å². The fourth-order valence-corrected chi connectivity index (χ4v) is 1.33. The van der Waals surface area contributed by atoms with Crippen LogP contribution in [0.1, 0.15) is 11.3 Å². The maximum absolute atomic E-state index is 5.58. The summed E-state index contributed by atoms with van der Waals surface area (Å²) >= 11 is 0. The molecule has 0 spiro atoms. The Morgan fingerprint density at radius 1 is 1.27 bits per heavy atom. The number of aryl methyl sites for hydroxylation is 2. The van der Waals surface area contributed by atoms with E-state index < -0.39 is 0 Å². The highest BCUT2D eigenvalue weighted by molar-refractivity contribution is 5.26. The Balaban J connectivity index is 1.96. The van der Waals surface area contributed by atoms with E-state index in [2.05, 4.69) is 11.9 Å². The summed E-state index contributed by atoms with van der Waals surface area (Å²) in [5.74, 6) is 0.881. The van der Waals surface area contributed by atoms with E-state index >= 15 is 0 Å². The summed E-state index contributed by atoms with van der Waals surface area (Å²) in [4.78, 5) is 4.19. The molecule has 1 heterocycles. The Labute approximate surface area is 89.3 Å². The molecule has 0 fully saturated rings. The highest BCUT2D eigenvalue weighted by Gasteiger charge is 1.98. The highest BCUT2D eigenvalue weighted by Crippen LogP contribution is 2.12. The van der Waals surface area contributed by atoms with E-state index in [9.17, 15) is 0 Å². The van der Waals surface area contributed by atoms with Crippen LogP contribution in [0.2, 0.25) is 0 Å². The zero-order chi connectivity index (χ0) is 10.7. The summed E-state index contributed by atoms with van der Waals surface area (Å²) in [6, 6.07) is 8.01. The molecular weight excluding hydrogens is 188 g/mol. The van der Waals surface area contributed by atoms with Gasteiger partial charge in [0, 0.05) is 13.2 Å². The van der Waals surface area contributed by atoms with Gasteiger partial charge in [0.05, 0.1) is 12.0 Å². The van der Waals surface area contributed by atoms with Crippen molar-refractivity contribution in [2.45, 2.75) is 13.5 Å². The molecule has 78 valence electrons. The number of nitrogens with zero attached hydrogens (tertiary/aromatic N) is 2. The quantitative estimate of drug-likeness (QED) is 0.763. The van der Waals surface area contributed by atoms with Gasteiger partial charge in [0.15, 0.2) is 0 Å². The molecule has 0 bridgehead atoms. The monoisotopic (exact) mass is 202 g/mol. The molecule has 3 heteroatoms. The van der Waals surface area contributed by atoms with Crippen molar-refractivity contribution in [3.63, 3.8) is 0 Å². The molecule has 0 N–H and O–H groups in total. The normalized spacial score (nSPS) is 10.3. The molecule has 0 unspecified atom stereocenters. The van der Waals surface area contributed by atoms with Gasteiger partial charge in [-0.2, -0.15) is 0 Å². The van der Waals surface area contributed by atoms with E-state index in [1.54, 1.807) is 6.33 Å². The average molecular weight is 202 g/mol. The molecule has 0 aliphatic carbocycles. The maximum Gasteiger partial charge on any atom is 0.132 e. The second-order valence-corrected chi connectivity index (χ2v) is 3.63. The zero-order valence-corrected chi connectivity index (χ0v) is 8.97. The van der Waals surface area contributed by atoms with E-state index in [4.69, 9.17) is 4.74 Å². The van der Waals surface area contributed by atoms with Crippen LogP contribution in [0.3, 0.4) is 0 Å². The molecule has 0 atom stereocenters. The molecule has 0 saturated heterocycles. The first-order valence-electron chi connectivity index (χ1n) is 4.90. The van der Waals surface area contributed by atoms with Crippen molar-refractivity contribution in [2.75, 3.05) is 0 Å². The lowest BCUT2D eigenvalue weighted by molar-refractivity contribution is 0.302. The molecule has 3 nitrogen and oxygen atoms in total. The lowest BCUT2D eigenvalue weighted by atomic mass is 10.2. The molecule has 2 rings (SSSR count). The Morgan fingerprint density at radius 3 is 2.60 bits per heavy atom. The van der Waals surface area contributed by atoms with Gasteiger partial charge in [-0.15, -0.1) is 0 Å². The van der Waals surface area contributed by atoms with Crippen molar-refractivity contribution >= 4 is 0 Å². The van der Waals surface area contributed by atoms with Gasteiger partial charge in [-0.25, -0.2) is 4.98 Å². The van der Waals surface area contributed by atoms with Gasteiger partial charge in [0.1, 0.15) is 12.4 Å². The summed E-state index contributed by atoms with van der Waals surface area (Å²) in [6.07, 6.45) is 3.72. The molecule has 0 aliphatic heterocycles. The average Bonchev–Trinajstić information content (AvgIpc) is 2.64. The lowest BCUT2D eigenvalue weighted by Gasteiger charge is -2.03. The van der Waals surface area contributed by atoms with Crippen LogP contribution in [-0.4, -0.2) is 9.55 Å². The van der Waals surface area contributed by atoms with Gasteiger partial charge >= 0.3 is 0 Å². The third-order valence-corrected chi connectivity index (χ3v) is 2.17. The summed E-state index contributed by atoms with van der Waals surface area (Å²) in [5, 5.41) is 0. The van der Waals surface area contributed by atoms with Crippen molar-refractivity contribution in [1.29, 1.82) is 0 Å². The summed E-state index contributed by atoms with van der Waals surface area (Å²) < 4.78 is 7.50. The minimum absolute atomic E-state index is 0.518. The SMILES string of the molecule is Cc1ccc(OCc2cn(C)cn2)cc1. The number of rotatable bonds is 3. The largest absolute Gasteiger partial charge is 0.487 e. The minimum atomic E-state index is 0.518. The number of imidazole rings is 1. The summed E-state index contributed by atoms with van der Waals surface area (Å²) in [7, 11) is 1.95. The first-order valence-corrected chi connectivity index (χ1v) is 4.90. The first-order chi connectivity index (χ1) is 7.24. The second kappa shape index (κ2) is 4.17. The summed E-state index contributed by atoms with van der Waals surface area (Å²) in [6.45, 7) is 2.58. The molecular formula is C12H14N2O. The first kappa shape index (κ1) is 9.77. The van der Waals surface area contributed by atoms with Gasteiger partial charge in [-0.1, -0.05) is 17.7 Å². The van der Waals surface area contributed by atoms with Gasteiger partial charge in [0.2, 0.25) is 0 Å². The van der Waals surface area contributed by atoms with Crippen LogP contribution in [0.25, 0.3) is 0 Å². The van der Waals surface area contributed by atoms with E-state index in [1.165, 1.54) is 5.56 Å². The van der Waals surface area contributed by atoms with Gasteiger partial charge in [0.25, 0.3) is 0 Å². The lowest BCUT2D eigenvalue weighted by Crippen LogP contribution is -1.95. The molecule has 2 aromatic rings. The van der Waals surface area contributed by atoms with Crippen LogP contribution in [0, 0.1) is 6.92 Å². The van der Waals surface area contributed by atoms with Crippen molar-refractivity contribution in [1.82, 2.24) is 9.55 Å². The standard InChI is InChI=1S/C12H14N2O/c1-10-3-5-12(6-4-10)15-8-11-7-14(2)9-13-11/h3-7,9H,8H2,1-2H3. The molecule has 0 saturated carbocycles. The Hall–Kier alpha value is -1.77. The molecule has 15 heavy (non-hydrogen) atoms. The third-order valence-electron chi connectivity index (χ3n) is 2.17. The minimum Gasteiger partial charge on any atom is -0.487 e. The van der Waals surface area contributed by atoms with Crippen LogP contribution < -0.4 is 4.74 Å². The van der Waals surface area contributed by atoms with Crippen LogP contribution in [0.4, 0.5) is 0 Å². The number of hydrogen-bond donors (Lipinski definition) is 0. The van der Waals surface area contributed by atoms with Crippen molar-refractivity contribution < 1.29 is 4.74 Å².